The Labute approximate surface area is 185 Å². The maximum Gasteiger partial charge on any atom is 0.260 e. The van der Waals surface area contributed by atoms with Gasteiger partial charge in [0.2, 0.25) is 0 Å². The van der Waals surface area contributed by atoms with E-state index in [0.29, 0.717) is 59.5 Å². The largest absolute Gasteiger partial charge is 0.486 e. The molecule has 30 heavy (non-hydrogen) atoms. The predicted molar refractivity (Wildman–Crippen MR) is 116 cm³/mol. The van der Waals surface area contributed by atoms with Gasteiger partial charge in [0.1, 0.15) is 17.1 Å². The number of hydrogen-bond acceptors (Lipinski definition) is 4. The fourth-order valence-electron chi connectivity index (χ4n) is 4.13. The van der Waals surface area contributed by atoms with Gasteiger partial charge < -0.3 is 14.4 Å². The highest BCUT2D eigenvalue weighted by molar-refractivity contribution is 6.32. The molecule has 158 valence electrons. The van der Waals surface area contributed by atoms with Crippen LogP contribution in [0.25, 0.3) is 0 Å². The van der Waals surface area contributed by atoms with Crippen molar-refractivity contribution in [3.05, 3.63) is 57.1 Å². The molecule has 0 aliphatic carbocycles. The molecule has 2 aromatic carbocycles. The highest BCUT2D eigenvalue weighted by Gasteiger charge is 2.43. The van der Waals surface area contributed by atoms with Crippen molar-refractivity contribution < 1.29 is 19.1 Å². The van der Waals surface area contributed by atoms with Crippen molar-refractivity contribution in [3.63, 3.8) is 0 Å². The van der Waals surface area contributed by atoms with Gasteiger partial charge in [0, 0.05) is 36.0 Å². The monoisotopic (exact) mass is 447 g/mol. The van der Waals surface area contributed by atoms with Gasteiger partial charge >= 0.3 is 0 Å². The summed E-state index contributed by atoms with van der Waals surface area (Å²) in [4.78, 5) is 27.0. The molecule has 2 aromatic rings. The fourth-order valence-corrected chi connectivity index (χ4v) is 4.42. The van der Waals surface area contributed by atoms with Crippen molar-refractivity contribution in [1.82, 2.24) is 4.90 Å². The minimum absolute atomic E-state index is 0.0331. The Morgan fingerprint density at radius 1 is 1.13 bits per heavy atom. The van der Waals surface area contributed by atoms with Crippen LogP contribution in [0, 0.1) is 13.8 Å². The summed E-state index contributed by atoms with van der Waals surface area (Å²) in [7, 11) is 0. The fraction of sp³-hybridized carbons (Fsp3) is 0.391. The summed E-state index contributed by atoms with van der Waals surface area (Å²) in [6.45, 7) is 4.83. The minimum Gasteiger partial charge on any atom is -0.486 e. The van der Waals surface area contributed by atoms with Gasteiger partial charge in [0.15, 0.2) is 12.4 Å². The molecule has 1 fully saturated rings. The standard InChI is InChI=1S/C23H23Cl2NO4/c1-14-9-17(10-15(2)22(14)25)29-13-21(28)26-7-5-23(6-8-26)12-19(27)18-11-16(24)3-4-20(18)30-23/h3-4,9-11H,5-8,12-13H2,1-2H3. The molecular formula is C23H23Cl2NO4. The maximum atomic E-state index is 12.6. The van der Waals surface area contributed by atoms with Gasteiger partial charge in [-0.25, -0.2) is 0 Å². The van der Waals surface area contributed by atoms with Crippen LogP contribution in [0.5, 0.6) is 11.5 Å². The van der Waals surface area contributed by atoms with Crippen molar-refractivity contribution in [2.75, 3.05) is 19.7 Å². The van der Waals surface area contributed by atoms with E-state index in [9.17, 15) is 9.59 Å². The van der Waals surface area contributed by atoms with Crippen LogP contribution < -0.4 is 9.47 Å². The highest BCUT2D eigenvalue weighted by Crippen LogP contribution is 2.40. The molecule has 2 aliphatic rings. The zero-order valence-electron chi connectivity index (χ0n) is 17.0. The lowest BCUT2D eigenvalue weighted by Gasteiger charge is -2.43. The third kappa shape index (κ3) is 4.14. The average Bonchev–Trinajstić information content (AvgIpc) is 2.71. The molecule has 0 unspecified atom stereocenters. The molecule has 0 aromatic heterocycles. The van der Waals surface area contributed by atoms with Crippen LogP contribution in [-0.2, 0) is 4.79 Å². The minimum atomic E-state index is -0.556. The lowest BCUT2D eigenvalue weighted by Crippen LogP contribution is -2.53. The Morgan fingerprint density at radius 3 is 2.47 bits per heavy atom. The summed E-state index contributed by atoms with van der Waals surface area (Å²) in [6, 6.07) is 8.79. The van der Waals surface area contributed by atoms with Gasteiger partial charge in [-0.1, -0.05) is 23.2 Å². The molecule has 4 rings (SSSR count). The van der Waals surface area contributed by atoms with Crippen molar-refractivity contribution in [2.24, 2.45) is 0 Å². The van der Waals surface area contributed by atoms with Crippen LogP contribution in [0.2, 0.25) is 10.0 Å². The molecule has 1 saturated heterocycles. The molecule has 7 heteroatoms. The van der Waals surface area contributed by atoms with Crippen LogP contribution in [0.4, 0.5) is 0 Å². The first-order valence-corrected chi connectivity index (χ1v) is 10.7. The van der Waals surface area contributed by atoms with E-state index < -0.39 is 5.60 Å². The normalized spacial score (nSPS) is 17.5. The number of rotatable bonds is 3. The number of fused-ring (bicyclic) bond motifs is 1. The molecule has 0 saturated carbocycles. The number of ketones is 1. The highest BCUT2D eigenvalue weighted by atomic mass is 35.5. The Hall–Kier alpha value is -2.24. The van der Waals surface area contributed by atoms with Gasteiger partial charge in [0.25, 0.3) is 5.91 Å². The van der Waals surface area contributed by atoms with E-state index in [4.69, 9.17) is 32.7 Å². The maximum absolute atomic E-state index is 12.6. The van der Waals surface area contributed by atoms with Gasteiger partial charge in [-0.2, -0.15) is 0 Å². The number of likely N-dealkylation sites (tertiary alicyclic amines) is 1. The number of amides is 1. The van der Waals surface area contributed by atoms with Crippen LogP contribution >= 0.6 is 23.2 Å². The van der Waals surface area contributed by atoms with Crippen molar-refractivity contribution >= 4 is 34.9 Å². The summed E-state index contributed by atoms with van der Waals surface area (Å²) >= 11 is 12.2. The Bertz CT molecular complexity index is 989. The van der Waals surface area contributed by atoms with Crippen LogP contribution in [0.1, 0.15) is 40.7 Å². The second-order valence-electron chi connectivity index (χ2n) is 8.07. The molecule has 2 heterocycles. The van der Waals surface area contributed by atoms with Crippen molar-refractivity contribution in [1.29, 1.82) is 0 Å². The second kappa shape index (κ2) is 8.12. The molecule has 0 atom stereocenters. The van der Waals surface area contributed by atoms with Crippen LogP contribution in [0.15, 0.2) is 30.3 Å². The number of aryl methyl sites for hydroxylation is 2. The second-order valence-corrected chi connectivity index (χ2v) is 8.88. The first kappa shape index (κ1) is 21.0. The van der Waals surface area contributed by atoms with E-state index in [-0.39, 0.29) is 18.3 Å². The molecule has 0 bridgehead atoms. The summed E-state index contributed by atoms with van der Waals surface area (Å²) < 4.78 is 11.9. The van der Waals surface area contributed by atoms with Gasteiger partial charge in [0.05, 0.1) is 12.0 Å². The number of benzene rings is 2. The van der Waals surface area contributed by atoms with E-state index in [1.54, 1.807) is 23.1 Å². The van der Waals surface area contributed by atoms with Crippen molar-refractivity contribution in [2.45, 2.75) is 38.7 Å². The van der Waals surface area contributed by atoms with Crippen LogP contribution in [0.3, 0.4) is 0 Å². The first-order valence-electron chi connectivity index (χ1n) is 9.95. The Balaban J connectivity index is 1.36. The molecular weight excluding hydrogens is 425 g/mol. The number of hydrogen-bond donors (Lipinski definition) is 0. The third-order valence-corrected chi connectivity index (χ3v) is 6.68. The third-order valence-electron chi connectivity index (χ3n) is 5.85. The SMILES string of the molecule is Cc1cc(OCC(=O)N2CCC3(CC2)CC(=O)c2cc(Cl)ccc2O3)cc(C)c1Cl. The molecule has 1 amide bonds. The first-order chi connectivity index (χ1) is 14.3. The van der Waals surface area contributed by atoms with E-state index in [2.05, 4.69) is 0 Å². The van der Waals surface area contributed by atoms with Crippen LogP contribution in [-0.4, -0.2) is 41.9 Å². The molecule has 2 aliphatic heterocycles. The topological polar surface area (TPSA) is 55.8 Å². The summed E-state index contributed by atoms with van der Waals surface area (Å²) in [5.74, 6) is 1.17. The smallest absolute Gasteiger partial charge is 0.260 e. The number of carbonyl (C=O) groups is 2. The van der Waals surface area contributed by atoms with E-state index in [0.717, 1.165) is 11.1 Å². The molecule has 5 nitrogen and oxygen atoms in total. The van der Waals surface area contributed by atoms with Gasteiger partial charge in [-0.15, -0.1) is 0 Å². The summed E-state index contributed by atoms with van der Waals surface area (Å²) in [5, 5.41) is 1.23. The van der Waals surface area contributed by atoms with E-state index in [1.807, 2.05) is 26.0 Å². The van der Waals surface area contributed by atoms with E-state index >= 15 is 0 Å². The number of piperidine rings is 1. The lowest BCUT2D eigenvalue weighted by molar-refractivity contribution is -0.136. The molecule has 0 radical (unpaired) electrons. The quantitative estimate of drug-likeness (QED) is 0.662. The lowest BCUT2D eigenvalue weighted by atomic mass is 9.82. The molecule has 0 N–H and O–H groups in total. The number of nitrogens with zero attached hydrogens (tertiary/aromatic N) is 1. The average molecular weight is 448 g/mol. The Morgan fingerprint density at radius 2 is 1.80 bits per heavy atom. The number of ether oxygens (including phenoxy) is 2. The summed E-state index contributed by atoms with van der Waals surface area (Å²) in [6.07, 6.45) is 1.51. The zero-order chi connectivity index (χ0) is 21.5. The Kier molecular flexibility index (Phi) is 5.69. The number of halogens is 2. The predicted octanol–water partition coefficient (Wildman–Crippen LogP) is 5.02. The van der Waals surface area contributed by atoms with Gasteiger partial charge in [-0.05, 0) is 55.3 Å². The molecule has 1 spiro atoms. The number of carbonyl (C=O) groups excluding carboxylic acids is 2. The van der Waals surface area contributed by atoms with Gasteiger partial charge in [-0.3, -0.25) is 9.59 Å². The zero-order valence-corrected chi connectivity index (χ0v) is 18.5. The number of Topliss-reactive ketones (excluding diaryl/α,β-unsaturated/α-hetero) is 1. The van der Waals surface area contributed by atoms with Crippen molar-refractivity contribution in [3.8, 4) is 11.5 Å². The summed E-state index contributed by atoms with van der Waals surface area (Å²) in [5.41, 5.74) is 1.81. The van der Waals surface area contributed by atoms with E-state index in [1.165, 1.54) is 0 Å².